The second kappa shape index (κ2) is 8.15. The van der Waals surface area contributed by atoms with Crippen LogP contribution in [-0.2, 0) is 24.3 Å². The number of fused-ring (bicyclic) bond motifs is 1. The van der Waals surface area contributed by atoms with Crippen LogP contribution in [0, 0.1) is 17.6 Å². The van der Waals surface area contributed by atoms with E-state index in [1.165, 1.54) is 6.07 Å². The maximum absolute atomic E-state index is 13.5. The van der Waals surface area contributed by atoms with Crippen molar-refractivity contribution in [3.63, 3.8) is 0 Å². The van der Waals surface area contributed by atoms with Crippen molar-refractivity contribution >= 4 is 5.91 Å². The molecule has 1 saturated carbocycles. The molecule has 2 fully saturated rings. The van der Waals surface area contributed by atoms with Gasteiger partial charge in [0.15, 0.2) is 11.6 Å². The zero-order valence-corrected chi connectivity index (χ0v) is 17.4. The molecule has 1 N–H and O–H groups in total. The number of likely N-dealkylation sites (tertiary alicyclic amines) is 1. The van der Waals surface area contributed by atoms with Gasteiger partial charge in [0.1, 0.15) is 5.82 Å². The number of carbonyl (C=O) groups is 1. The van der Waals surface area contributed by atoms with Crippen LogP contribution in [-0.4, -0.2) is 45.3 Å². The number of nitrogens with zero attached hydrogens (tertiary/aromatic N) is 3. The highest BCUT2D eigenvalue weighted by molar-refractivity contribution is 5.81. The summed E-state index contributed by atoms with van der Waals surface area (Å²) < 4.78 is 26.7. The minimum atomic E-state index is -0.839. The van der Waals surface area contributed by atoms with Crippen LogP contribution in [0.15, 0.2) is 23.0 Å². The van der Waals surface area contributed by atoms with Crippen molar-refractivity contribution in [2.75, 3.05) is 19.6 Å². The first-order chi connectivity index (χ1) is 15.0. The Morgan fingerprint density at radius 3 is 2.77 bits per heavy atom. The third-order valence-electron chi connectivity index (χ3n) is 6.61. The van der Waals surface area contributed by atoms with Crippen molar-refractivity contribution in [1.29, 1.82) is 0 Å². The molecule has 8 heteroatoms. The number of piperidine rings is 1. The Balaban J connectivity index is 1.30. The zero-order chi connectivity index (χ0) is 21.5. The number of rotatable bonds is 4. The van der Waals surface area contributed by atoms with Crippen LogP contribution in [0.2, 0.25) is 0 Å². The number of benzene rings is 1. The summed E-state index contributed by atoms with van der Waals surface area (Å²) in [4.78, 5) is 36.9. The lowest BCUT2D eigenvalue weighted by Gasteiger charge is -2.33. The standard InChI is InChI=1S/C23H26F2N4O2/c24-18-6-3-14(10-19(18)25)11-28-8-1-2-16(12-28)21-26-20-7-9-29(23(31)15-4-5-15)13-17(20)22(30)27-21/h3,6,10,15-16H,1-2,4-5,7-9,11-13H2,(H,26,27,30). The summed E-state index contributed by atoms with van der Waals surface area (Å²) in [6.07, 6.45) is 4.38. The fourth-order valence-electron chi connectivity index (χ4n) is 4.73. The molecule has 6 nitrogen and oxygen atoms in total. The molecule has 2 aliphatic heterocycles. The average Bonchev–Trinajstić information content (AvgIpc) is 3.61. The molecule has 164 valence electrons. The van der Waals surface area contributed by atoms with Gasteiger partial charge in [-0.25, -0.2) is 13.8 Å². The van der Waals surface area contributed by atoms with Crippen molar-refractivity contribution in [2.24, 2.45) is 5.92 Å². The topological polar surface area (TPSA) is 69.3 Å². The largest absolute Gasteiger partial charge is 0.337 e. The van der Waals surface area contributed by atoms with Gasteiger partial charge >= 0.3 is 0 Å². The number of aromatic amines is 1. The van der Waals surface area contributed by atoms with Gasteiger partial charge in [-0.2, -0.15) is 0 Å². The molecule has 5 rings (SSSR count). The average molecular weight is 428 g/mol. The van der Waals surface area contributed by atoms with E-state index in [0.29, 0.717) is 44.0 Å². The maximum Gasteiger partial charge on any atom is 0.256 e. The van der Waals surface area contributed by atoms with E-state index < -0.39 is 11.6 Å². The summed E-state index contributed by atoms with van der Waals surface area (Å²) >= 11 is 0. The number of hydrogen-bond acceptors (Lipinski definition) is 4. The van der Waals surface area contributed by atoms with Gasteiger partial charge in [0.25, 0.3) is 5.56 Å². The Morgan fingerprint density at radius 2 is 2.00 bits per heavy atom. The van der Waals surface area contributed by atoms with E-state index in [-0.39, 0.29) is 23.3 Å². The molecule has 3 heterocycles. The predicted octanol–water partition coefficient (Wildman–Crippen LogP) is 2.72. The SMILES string of the molecule is O=C(C1CC1)N1CCc2nc(C3CCCN(Cc4ccc(F)c(F)c4)C3)[nH]c(=O)c2C1. The van der Waals surface area contributed by atoms with Crippen LogP contribution < -0.4 is 5.56 Å². The van der Waals surface area contributed by atoms with Gasteiger partial charge in [0, 0.05) is 37.9 Å². The molecular weight excluding hydrogens is 402 g/mol. The van der Waals surface area contributed by atoms with Gasteiger partial charge < -0.3 is 9.88 Å². The Morgan fingerprint density at radius 1 is 1.16 bits per heavy atom. The molecule has 1 atom stereocenters. The van der Waals surface area contributed by atoms with E-state index in [4.69, 9.17) is 4.98 Å². The minimum Gasteiger partial charge on any atom is -0.337 e. The zero-order valence-electron chi connectivity index (χ0n) is 17.4. The number of carbonyl (C=O) groups excluding carboxylic acids is 1. The van der Waals surface area contributed by atoms with E-state index in [1.54, 1.807) is 11.0 Å². The molecule has 1 amide bonds. The molecule has 1 aromatic heterocycles. The number of amides is 1. The van der Waals surface area contributed by atoms with E-state index >= 15 is 0 Å². The third-order valence-corrected chi connectivity index (χ3v) is 6.61. The van der Waals surface area contributed by atoms with Crippen LogP contribution in [0.1, 0.15) is 54.2 Å². The van der Waals surface area contributed by atoms with Gasteiger partial charge in [-0.15, -0.1) is 0 Å². The second-order valence-corrected chi connectivity index (χ2v) is 8.98. The smallest absolute Gasteiger partial charge is 0.256 e. The van der Waals surface area contributed by atoms with Crippen molar-refractivity contribution in [1.82, 2.24) is 19.8 Å². The highest BCUT2D eigenvalue weighted by Gasteiger charge is 2.35. The molecule has 0 bridgehead atoms. The molecule has 1 unspecified atom stereocenters. The van der Waals surface area contributed by atoms with Crippen LogP contribution in [0.4, 0.5) is 8.78 Å². The van der Waals surface area contributed by atoms with Crippen LogP contribution >= 0.6 is 0 Å². The Kier molecular flexibility index (Phi) is 5.33. The number of nitrogens with one attached hydrogen (secondary N) is 1. The molecule has 0 spiro atoms. The highest BCUT2D eigenvalue weighted by atomic mass is 19.2. The Hall–Kier alpha value is -2.61. The molecule has 1 aromatic carbocycles. The van der Waals surface area contributed by atoms with E-state index in [1.807, 2.05) is 0 Å². The molecule has 2 aromatic rings. The lowest BCUT2D eigenvalue weighted by Crippen LogP contribution is -2.41. The number of halogens is 2. The summed E-state index contributed by atoms with van der Waals surface area (Å²) in [5.74, 6) is -0.580. The van der Waals surface area contributed by atoms with Crippen molar-refractivity contribution in [3.05, 3.63) is 62.8 Å². The minimum absolute atomic E-state index is 0.0863. The third kappa shape index (κ3) is 4.26. The number of aromatic nitrogens is 2. The first-order valence-corrected chi connectivity index (χ1v) is 11.0. The first kappa shape index (κ1) is 20.3. The molecule has 1 aliphatic carbocycles. The predicted molar refractivity (Wildman–Crippen MR) is 110 cm³/mol. The van der Waals surface area contributed by atoms with Crippen molar-refractivity contribution in [3.8, 4) is 0 Å². The van der Waals surface area contributed by atoms with Gasteiger partial charge in [-0.1, -0.05) is 6.07 Å². The van der Waals surface area contributed by atoms with Gasteiger partial charge in [-0.05, 0) is 49.9 Å². The normalized spacial score (nSPS) is 21.7. The van der Waals surface area contributed by atoms with E-state index in [2.05, 4.69) is 9.88 Å². The summed E-state index contributed by atoms with van der Waals surface area (Å²) in [5.41, 5.74) is 1.99. The van der Waals surface area contributed by atoms with Gasteiger partial charge in [0.2, 0.25) is 5.91 Å². The summed E-state index contributed by atoms with van der Waals surface area (Å²) in [5, 5.41) is 0. The van der Waals surface area contributed by atoms with Crippen LogP contribution in [0.3, 0.4) is 0 Å². The molecule has 1 saturated heterocycles. The summed E-state index contributed by atoms with van der Waals surface area (Å²) in [6, 6.07) is 4.01. The quantitative estimate of drug-likeness (QED) is 0.813. The second-order valence-electron chi connectivity index (χ2n) is 8.98. The molecule has 31 heavy (non-hydrogen) atoms. The van der Waals surface area contributed by atoms with Gasteiger partial charge in [-0.3, -0.25) is 14.5 Å². The number of H-pyrrole nitrogens is 1. The fourth-order valence-corrected chi connectivity index (χ4v) is 4.73. The van der Waals surface area contributed by atoms with E-state index in [9.17, 15) is 18.4 Å². The monoisotopic (exact) mass is 428 g/mol. The lowest BCUT2D eigenvalue weighted by atomic mass is 9.96. The van der Waals surface area contributed by atoms with Gasteiger partial charge in [0.05, 0.1) is 17.8 Å². The summed E-state index contributed by atoms with van der Waals surface area (Å²) in [7, 11) is 0. The molecule has 3 aliphatic rings. The number of hydrogen-bond donors (Lipinski definition) is 1. The summed E-state index contributed by atoms with van der Waals surface area (Å²) in [6.45, 7) is 3.06. The highest BCUT2D eigenvalue weighted by Crippen LogP contribution is 2.32. The Bertz CT molecular complexity index is 1070. The lowest BCUT2D eigenvalue weighted by molar-refractivity contribution is -0.133. The van der Waals surface area contributed by atoms with Crippen molar-refractivity contribution in [2.45, 2.75) is 51.1 Å². The van der Waals surface area contributed by atoms with Crippen LogP contribution in [0.25, 0.3) is 0 Å². The van der Waals surface area contributed by atoms with Crippen LogP contribution in [0.5, 0.6) is 0 Å². The first-order valence-electron chi connectivity index (χ1n) is 11.0. The molecular formula is C23H26F2N4O2. The maximum atomic E-state index is 13.5. The molecule has 0 radical (unpaired) electrons. The fraction of sp³-hybridized carbons (Fsp3) is 0.522. The van der Waals surface area contributed by atoms with E-state index in [0.717, 1.165) is 49.6 Å². The van der Waals surface area contributed by atoms with Crippen molar-refractivity contribution < 1.29 is 13.6 Å². The Labute approximate surface area is 179 Å².